The van der Waals surface area contributed by atoms with Gasteiger partial charge in [0.25, 0.3) is 0 Å². The SMILES string of the molecule is CN(Cc1cnccn1)C1C=CCCC1. The standard InChI is InChI=1S/C12H17N3/c1-15(12-5-3-2-4-6-12)10-11-9-13-7-8-14-11/h3,5,7-9,12H,2,4,6,10H2,1H3. The lowest BCUT2D eigenvalue weighted by Crippen LogP contribution is -2.30. The maximum atomic E-state index is 4.29. The van der Waals surface area contributed by atoms with Gasteiger partial charge >= 0.3 is 0 Å². The highest BCUT2D eigenvalue weighted by Crippen LogP contribution is 2.16. The highest BCUT2D eigenvalue weighted by atomic mass is 15.1. The van der Waals surface area contributed by atoms with Crippen LogP contribution in [-0.2, 0) is 6.54 Å². The van der Waals surface area contributed by atoms with Gasteiger partial charge < -0.3 is 0 Å². The van der Waals surface area contributed by atoms with Crippen LogP contribution < -0.4 is 0 Å². The first-order valence-corrected chi connectivity index (χ1v) is 5.48. The molecule has 0 saturated heterocycles. The van der Waals surface area contributed by atoms with Crippen LogP contribution in [0.2, 0.25) is 0 Å². The molecule has 0 spiro atoms. The van der Waals surface area contributed by atoms with Gasteiger partial charge in [-0.15, -0.1) is 0 Å². The van der Waals surface area contributed by atoms with Crippen molar-refractivity contribution < 1.29 is 0 Å². The molecule has 1 heterocycles. The van der Waals surface area contributed by atoms with Crippen LogP contribution in [0.3, 0.4) is 0 Å². The first-order valence-electron chi connectivity index (χ1n) is 5.48. The third-order valence-corrected chi connectivity index (χ3v) is 2.82. The van der Waals surface area contributed by atoms with Crippen LogP contribution in [0.5, 0.6) is 0 Å². The molecule has 0 bridgehead atoms. The molecular weight excluding hydrogens is 186 g/mol. The van der Waals surface area contributed by atoms with Gasteiger partial charge in [0, 0.05) is 31.2 Å². The smallest absolute Gasteiger partial charge is 0.0726 e. The van der Waals surface area contributed by atoms with E-state index < -0.39 is 0 Å². The van der Waals surface area contributed by atoms with Crippen LogP contribution in [0, 0.1) is 0 Å². The van der Waals surface area contributed by atoms with Gasteiger partial charge in [-0.3, -0.25) is 14.9 Å². The minimum atomic E-state index is 0.570. The molecule has 15 heavy (non-hydrogen) atoms. The predicted molar refractivity (Wildman–Crippen MR) is 60.3 cm³/mol. The summed E-state index contributed by atoms with van der Waals surface area (Å²) in [4.78, 5) is 10.7. The number of aromatic nitrogens is 2. The van der Waals surface area contributed by atoms with Crippen molar-refractivity contribution in [3.63, 3.8) is 0 Å². The molecule has 0 radical (unpaired) electrons. The lowest BCUT2D eigenvalue weighted by Gasteiger charge is -2.27. The summed E-state index contributed by atoms with van der Waals surface area (Å²) in [7, 11) is 2.15. The zero-order valence-electron chi connectivity index (χ0n) is 9.13. The third-order valence-electron chi connectivity index (χ3n) is 2.82. The van der Waals surface area contributed by atoms with Crippen LogP contribution in [0.4, 0.5) is 0 Å². The number of hydrogen-bond acceptors (Lipinski definition) is 3. The Labute approximate surface area is 90.9 Å². The molecule has 0 amide bonds. The normalized spacial score (nSPS) is 20.8. The lowest BCUT2D eigenvalue weighted by atomic mass is 10.0. The van der Waals surface area contributed by atoms with Gasteiger partial charge in [-0.2, -0.15) is 0 Å². The summed E-state index contributed by atoms with van der Waals surface area (Å²) in [6.07, 6.45) is 13.7. The number of hydrogen-bond donors (Lipinski definition) is 0. The minimum Gasteiger partial charge on any atom is -0.294 e. The molecule has 1 aliphatic rings. The summed E-state index contributed by atoms with van der Waals surface area (Å²) >= 11 is 0. The average molecular weight is 203 g/mol. The summed E-state index contributed by atoms with van der Waals surface area (Å²) in [5.41, 5.74) is 1.04. The highest BCUT2D eigenvalue weighted by Gasteiger charge is 2.14. The Hall–Kier alpha value is -1.22. The summed E-state index contributed by atoms with van der Waals surface area (Å²) in [6.45, 7) is 0.878. The van der Waals surface area contributed by atoms with Crippen molar-refractivity contribution in [3.05, 3.63) is 36.4 Å². The van der Waals surface area contributed by atoms with Crippen molar-refractivity contribution in [1.82, 2.24) is 14.9 Å². The van der Waals surface area contributed by atoms with Gasteiger partial charge in [0.05, 0.1) is 5.69 Å². The van der Waals surface area contributed by atoms with Crippen LogP contribution in [0.25, 0.3) is 0 Å². The number of allylic oxidation sites excluding steroid dienone is 1. The molecular formula is C12H17N3. The van der Waals surface area contributed by atoms with Crippen LogP contribution >= 0.6 is 0 Å². The zero-order chi connectivity index (χ0) is 10.5. The lowest BCUT2D eigenvalue weighted by molar-refractivity contribution is 0.251. The van der Waals surface area contributed by atoms with E-state index in [1.165, 1.54) is 19.3 Å². The molecule has 1 atom stereocenters. The zero-order valence-corrected chi connectivity index (χ0v) is 9.13. The van der Waals surface area contributed by atoms with Gasteiger partial charge in [0.15, 0.2) is 0 Å². The van der Waals surface area contributed by atoms with Crippen molar-refractivity contribution in [2.75, 3.05) is 7.05 Å². The quantitative estimate of drug-likeness (QED) is 0.704. The van der Waals surface area contributed by atoms with E-state index in [0.29, 0.717) is 6.04 Å². The summed E-state index contributed by atoms with van der Waals surface area (Å²) in [5, 5.41) is 0. The van der Waals surface area contributed by atoms with E-state index in [-0.39, 0.29) is 0 Å². The average Bonchev–Trinajstić information content (AvgIpc) is 2.31. The van der Waals surface area contributed by atoms with Gasteiger partial charge in [-0.1, -0.05) is 12.2 Å². The largest absolute Gasteiger partial charge is 0.294 e. The highest BCUT2D eigenvalue weighted by molar-refractivity contribution is 5.01. The molecule has 0 N–H and O–H groups in total. The Bertz CT molecular complexity index is 321. The second kappa shape index (κ2) is 5.03. The van der Waals surface area contributed by atoms with Crippen LogP contribution in [-0.4, -0.2) is 28.0 Å². The fraction of sp³-hybridized carbons (Fsp3) is 0.500. The molecule has 1 unspecified atom stereocenters. The molecule has 0 fully saturated rings. The van der Waals surface area contributed by atoms with Gasteiger partial charge in [-0.05, 0) is 26.3 Å². The second-order valence-corrected chi connectivity index (χ2v) is 4.04. The molecule has 3 nitrogen and oxygen atoms in total. The Morgan fingerprint density at radius 2 is 2.40 bits per heavy atom. The van der Waals surface area contributed by atoms with E-state index in [1.54, 1.807) is 12.4 Å². The first kappa shape index (κ1) is 10.3. The Balaban J connectivity index is 1.94. The van der Waals surface area contributed by atoms with E-state index in [4.69, 9.17) is 0 Å². The van der Waals surface area contributed by atoms with Gasteiger partial charge in [-0.25, -0.2) is 0 Å². The number of nitrogens with zero attached hydrogens (tertiary/aromatic N) is 3. The van der Waals surface area contributed by atoms with Gasteiger partial charge in [0.2, 0.25) is 0 Å². The Kier molecular flexibility index (Phi) is 3.45. The van der Waals surface area contributed by atoms with Gasteiger partial charge in [0.1, 0.15) is 0 Å². The minimum absolute atomic E-state index is 0.570. The molecule has 1 aliphatic carbocycles. The molecule has 0 aromatic carbocycles. The summed E-state index contributed by atoms with van der Waals surface area (Å²) in [5.74, 6) is 0. The first-order chi connectivity index (χ1) is 7.36. The van der Waals surface area contributed by atoms with E-state index in [9.17, 15) is 0 Å². The third kappa shape index (κ3) is 2.86. The maximum Gasteiger partial charge on any atom is 0.0726 e. The van der Waals surface area contributed by atoms with E-state index >= 15 is 0 Å². The second-order valence-electron chi connectivity index (χ2n) is 4.04. The van der Waals surface area contributed by atoms with E-state index in [0.717, 1.165) is 12.2 Å². The Morgan fingerprint density at radius 3 is 3.07 bits per heavy atom. The van der Waals surface area contributed by atoms with Crippen molar-refractivity contribution >= 4 is 0 Å². The molecule has 3 heteroatoms. The van der Waals surface area contributed by atoms with E-state index in [1.807, 2.05) is 6.20 Å². The van der Waals surface area contributed by atoms with E-state index in [2.05, 4.69) is 34.1 Å². The predicted octanol–water partition coefficient (Wildman–Crippen LogP) is 2.02. The molecule has 1 aromatic heterocycles. The van der Waals surface area contributed by atoms with Crippen LogP contribution in [0.15, 0.2) is 30.7 Å². The fourth-order valence-corrected chi connectivity index (χ4v) is 1.95. The monoisotopic (exact) mass is 203 g/mol. The topological polar surface area (TPSA) is 29.0 Å². The number of likely N-dealkylation sites (N-methyl/N-ethyl adjacent to an activating group) is 1. The Morgan fingerprint density at radius 1 is 1.47 bits per heavy atom. The molecule has 2 rings (SSSR count). The number of rotatable bonds is 3. The molecule has 0 saturated carbocycles. The van der Waals surface area contributed by atoms with Crippen LogP contribution in [0.1, 0.15) is 25.0 Å². The molecule has 80 valence electrons. The molecule has 0 aliphatic heterocycles. The van der Waals surface area contributed by atoms with Crippen molar-refractivity contribution in [2.24, 2.45) is 0 Å². The van der Waals surface area contributed by atoms with Crippen molar-refractivity contribution in [3.8, 4) is 0 Å². The fourth-order valence-electron chi connectivity index (χ4n) is 1.95. The molecule has 1 aromatic rings. The van der Waals surface area contributed by atoms with Crippen molar-refractivity contribution in [1.29, 1.82) is 0 Å². The maximum absolute atomic E-state index is 4.29. The van der Waals surface area contributed by atoms with Crippen molar-refractivity contribution in [2.45, 2.75) is 31.8 Å². The summed E-state index contributed by atoms with van der Waals surface area (Å²) < 4.78 is 0. The summed E-state index contributed by atoms with van der Waals surface area (Å²) in [6, 6.07) is 0.570.